The van der Waals surface area contributed by atoms with Crippen LogP contribution in [0.5, 0.6) is 0 Å². The van der Waals surface area contributed by atoms with E-state index in [9.17, 15) is 18.0 Å². The Kier molecular flexibility index (Phi) is 7.86. The summed E-state index contributed by atoms with van der Waals surface area (Å²) >= 11 is 1.09. The van der Waals surface area contributed by atoms with Crippen LogP contribution in [0.4, 0.5) is 0 Å². The molecule has 8 nitrogen and oxygen atoms in total. The van der Waals surface area contributed by atoms with Crippen LogP contribution in [0.1, 0.15) is 61.7 Å². The molecule has 0 aromatic carbocycles. The number of hydrogen-bond donors (Lipinski definition) is 1. The quantitative estimate of drug-likeness (QED) is 0.649. The van der Waals surface area contributed by atoms with E-state index in [0.29, 0.717) is 57.8 Å². The molecule has 2 amide bonds. The second-order valence-corrected chi connectivity index (χ2v) is 12.0. The van der Waals surface area contributed by atoms with Crippen LogP contribution in [0, 0.1) is 5.92 Å². The fraction of sp³-hybridized carbons (Fsp3) is 0.727. The Bertz CT molecular complexity index is 894. The summed E-state index contributed by atoms with van der Waals surface area (Å²) in [6.07, 6.45) is 7.96. The third-order valence-electron chi connectivity index (χ3n) is 6.74. The molecule has 32 heavy (non-hydrogen) atoms. The highest BCUT2D eigenvalue weighted by Crippen LogP contribution is 2.29. The van der Waals surface area contributed by atoms with Crippen molar-refractivity contribution in [3.05, 3.63) is 17.0 Å². The summed E-state index contributed by atoms with van der Waals surface area (Å²) in [5.41, 5.74) is 0.410. The van der Waals surface area contributed by atoms with Crippen LogP contribution in [0.2, 0.25) is 0 Å². The topological polar surface area (TPSA) is 96.0 Å². The molecule has 3 fully saturated rings. The molecular weight excluding hydrogens is 450 g/mol. The van der Waals surface area contributed by atoms with Gasteiger partial charge in [-0.3, -0.25) is 9.59 Å². The zero-order chi connectivity index (χ0) is 22.6. The molecule has 3 heterocycles. The molecule has 0 radical (unpaired) electrons. The maximum Gasteiger partial charge on any atom is 0.254 e. The molecule has 4 rings (SSSR count). The first kappa shape index (κ1) is 23.7. The van der Waals surface area contributed by atoms with Gasteiger partial charge in [0.1, 0.15) is 4.21 Å². The number of morpholine rings is 1. The predicted octanol–water partition coefficient (Wildman–Crippen LogP) is 2.46. The summed E-state index contributed by atoms with van der Waals surface area (Å²) < 4.78 is 33.2. The molecular formula is C22H33N3O5S2. The molecule has 0 atom stereocenters. The number of piperidine rings is 1. The minimum absolute atomic E-state index is 0.0727. The maximum absolute atomic E-state index is 13.1. The minimum atomic E-state index is -3.66. The summed E-state index contributed by atoms with van der Waals surface area (Å²) in [6, 6.07) is 1.75. The van der Waals surface area contributed by atoms with E-state index in [4.69, 9.17) is 4.74 Å². The van der Waals surface area contributed by atoms with Crippen molar-refractivity contribution >= 4 is 33.2 Å². The van der Waals surface area contributed by atoms with E-state index in [-0.39, 0.29) is 28.0 Å². The first-order valence-corrected chi connectivity index (χ1v) is 14.0. The standard InChI is InChI=1S/C22H33N3O5S2/c26-21(23-19-5-3-1-2-4-6-19)17-7-9-25(10-8-17)32(28,29)20-15-18(16-31-20)22(27)24-11-13-30-14-12-24/h15-17,19H,1-14H2,(H,23,26). The van der Waals surface area contributed by atoms with Crippen molar-refractivity contribution in [1.82, 2.24) is 14.5 Å². The van der Waals surface area contributed by atoms with Crippen LogP contribution < -0.4 is 5.32 Å². The average molecular weight is 484 g/mol. The molecule has 0 unspecified atom stereocenters. The average Bonchev–Trinajstić information content (AvgIpc) is 3.19. The van der Waals surface area contributed by atoms with Gasteiger partial charge < -0.3 is 15.0 Å². The van der Waals surface area contributed by atoms with Gasteiger partial charge in [-0.05, 0) is 31.7 Å². The Morgan fingerprint density at radius 1 is 0.969 bits per heavy atom. The number of nitrogens with one attached hydrogen (secondary N) is 1. The highest BCUT2D eigenvalue weighted by Gasteiger charge is 2.34. The van der Waals surface area contributed by atoms with E-state index in [1.54, 1.807) is 10.3 Å². The van der Waals surface area contributed by atoms with Crippen molar-refractivity contribution in [1.29, 1.82) is 0 Å². The van der Waals surface area contributed by atoms with Crippen LogP contribution in [0.15, 0.2) is 15.7 Å². The SMILES string of the molecule is O=C(NC1CCCCCC1)C1CCN(S(=O)(=O)c2cc(C(=O)N3CCOCC3)cs2)CC1. The highest BCUT2D eigenvalue weighted by molar-refractivity contribution is 7.91. The number of sulfonamides is 1. The number of ether oxygens (including phenoxy) is 1. The third-order valence-corrected chi connectivity index (χ3v) is 10.1. The van der Waals surface area contributed by atoms with Crippen molar-refractivity contribution in [2.45, 2.75) is 61.6 Å². The fourth-order valence-electron chi connectivity index (χ4n) is 4.74. The van der Waals surface area contributed by atoms with E-state index in [2.05, 4.69) is 5.32 Å². The van der Waals surface area contributed by atoms with Gasteiger partial charge in [0.05, 0.1) is 18.8 Å². The van der Waals surface area contributed by atoms with E-state index >= 15 is 0 Å². The Labute approximate surface area is 194 Å². The normalized spacial score (nSPS) is 22.4. The summed E-state index contributed by atoms with van der Waals surface area (Å²) in [7, 11) is -3.66. The molecule has 1 aromatic rings. The Morgan fingerprint density at radius 2 is 1.62 bits per heavy atom. The van der Waals surface area contributed by atoms with Gasteiger partial charge in [0, 0.05) is 43.5 Å². The lowest BCUT2D eigenvalue weighted by Crippen LogP contribution is -2.45. The molecule has 3 aliphatic rings. The van der Waals surface area contributed by atoms with Crippen molar-refractivity contribution in [2.24, 2.45) is 5.92 Å². The van der Waals surface area contributed by atoms with E-state index in [0.717, 1.165) is 24.2 Å². The minimum Gasteiger partial charge on any atom is -0.378 e. The smallest absolute Gasteiger partial charge is 0.254 e. The summed E-state index contributed by atoms with van der Waals surface area (Å²) in [5.74, 6) is -0.213. The lowest BCUT2D eigenvalue weighted by Gasteiger charge is -2.31. The third kappa shape index (κ3) is 5.52. The molecule has 1 aliphatic carbocycles. The number of hydrogen-bond acceptors (Lipinski definition) is 6. The van der Waals surface area contributed by atoms with E-state index in [1.165, 1.54) is 36.1 Å². The molecule has 178 valence electrons. The number of amides is 2. The summed E-state index contributed by atoms with van der Waals surface area (Å²) in [5, 5.41) is 4.83. The number of carbonyl (C=O) groups is 2. The second-order valence-electron chi connectivity index (χ2n) is 8.93. The lowest BCUT2D eigenvalue weighted by molar-refractivity contribution is -0.126. The molecule has 2 aliphatic heterocycles. The molecule has 0 bridgehead atoms. The number of carbonyl (C=O) groups excluding carboxylic acids is 2. The number of nitrogens with zero attached hydrogens (tertiary/aromatic N) is 2. The predicted molar refractivity (Wildman–Crippen MR) is 122 cm³/mol. The molecule has 1 saturated carbocycles. The van der Waals surface area contributed by atoms with Crippen LogP contribution in [-0.2, 0) is 19.6 Å². The summed E-state index contributed by atoms with van der Waals surface area (Å²) in [6.45, 7) is 2.71. The van der Waals surface area contributed by atoms with Crippen molar-refractivity contribution in [3.8, 4) is 0 Å². The van der Waals surface area contributed by atoms with Crippen LogP contribution in [0.3, 0.4) is 0 Å². The number of thiophene rings is 1. The van der Waals surface area contributed by atoms with Gasteiger partial charge in [-0.2, -0.15) is 4.31 Å². The molecule has 1 N–H and O–H groups in total. The monoisotopic (exact) mass is 483 g/mol. The van der Waals surface area contributed by atoms with Crippen LogP contribution >= 0.6 is 11.3 Å². The van der Waals surface area contributed by atoms with E-state index < -0.39 is 10.0 Å². The van der Waals surface area contributed by atoms with Crippen LogP contribution in [0.25, 0.3) is 0 Å². The number of rotatable bonds is 5. The molecule has 2 saturated heterocycles. The largest absolute Gasteiger partial charge is 0.378 e. The molecule has 0 spiro atoms. The van der Waals surface area contributed by atoms with Crippen molar-refractivity contribution in [3.63, 3.8) is 0 Å². The highest BCUT2D eigenvalue weighted by atomic mass is 32.2. The maximum atomic E-state index is 13.1. The first-order valence-electron chi connectivity index (χ1n) is 11.7. The van der Waals surface area contributed by atoms with Gasteiger partial charge in [0.15, 0.2) is 0 Å². The first-order chi connectivity index (χ1) is 15.4. The van der Waals surface area contributed by atoms with Gasteiger partial charge >= 0.3 is 0 Å². The lowest BCUT2D eigenvalue weighted by atomic mass is 9.96. The Hall–Kier alpha value is -1.49. The van der Waals surface area contributed by atoms with Crippen molar-refractivity contribution in [2.75, 3.05) is 39.4 Å². The van der Waals surface area contributed by atoms with Gasteiger partial charge in [0.2, 0.25) is 5.91 Å². The zero-order valence-electron chi connectivity index (χ0n) is 18.5. The van der Waals surface area contributed by atoms with E-state index in [1.807, 2.05) is 0 Å². The Balaban J connectivity index is 1.32. The van der Waals surface area contributed by atoms with Crippen molar-refractivity contribution < 1.29 is 22.7 Å². The van der Waals surface area contributed by atoms with Gasteiger partial charge in [-0.25, -0.2) is 8.42 Å². The molecule has 10 heteroatoms. The summed E-state index contributed by atoms with van der Waals surface area (Å²) in [4.78, 5) is 27.0. The van der Waals surface area contributed by atoms with Gasteiger partial charge in [0.25, 0.3) is 15.9 Å². The zero-order valence-corrected chi connectivity index (χ0v) is 20.1. The Morgan fingerprint density at radius 3 is 2.28 bits per heavy atom. The second kappa shape index (κ2) is 10.6. The molecule has 1 aromatic heterocycles. The van der Waals surface area contributed by atoms with Crippen LogP contribution in [-0.4, -0.2) is 74.9 Å². The fourth-order valence-corrected chi connectivity index (χ4v) is 7.52. The van der Waals surface area contributed by atoms with Gasteiger partial charge in [-0.15, -0.1) is 11.3 Å². The van der Waals surface area contributed by atoms with Gasteiger partial charge in [-0.1, -0.05) is 25.7 Å².